The number of benzene rings is 1. The molecule has 1 saturated carbocycles. The van der Waals surface area contributed by atoms with E-state index in [1.807, 2.05) is 0 Å². The molecule has 0 aliphatic heterocycles. The molecule has 0 radical (unpaired) electrons. The highest BCUT2D eigenvalue weighted by Crippen LogP contribution is 2.40. The molecule has 0 spiro atoms. The second kappa shape index (κ2) is 4.83. The van der Waals surface area contributed by atoms with Crippen molar-refractivity contribution in [3.63, 3.8) is 0 Å². The Kier molecular flexibility index (Phi) is 3.45. The van der Waals surface area contributed by atoms with Crippen molar-refractivity contribution in [1.82, 2.24) is 0 Å². The third kappa shape index (κ3) is 2.62. The van der Waals surface area contributed by atoms with Gasteiger partial charge < -0.3 is 0 Å². The zero-order valence-electron chi connectivity index (χ0n) is 10.00. The van der Waals surface area contributed by atoms with Crippen LogP contribution >= 0.6 is 0 Å². The molecule has 1 aromatic carbocycles. The van der Waals surface area contributed by atoms with Crippen LogP contribution in [0.1, 0.15) is 68.9 Å². The molecule has 0 amide bonds. The van der Waals surface area contributed by atoms with Crippen LogP contribution in [0.2, 0.25) is 0 Å². The lowest BCUT2D eigenvalue weighted by Gasteiger charge is -2.14. The first-order valence-corrected chi connectivity index (χ1v) is 6.45. The first kappa shape index (κ1) is 10.7. The zero-order chi connectivity index (χ0) is 10.7. The van der Waals surface area contributed by atoms with Crippen molar-refractivity contribution < 1.29 is 0 Å². The Labute approximate surface area is 93.7 Å². The van der Waals surface area contributed by atoms with E-state index in [1.165, 1.54) is 32.1 Å². The quantitative estimate of drug-likeness (QED) is 0.639. The Morgan fingerprint density at radius 3 is 2.27 bits per heavy atom. The molecule has 15 heavy (non-hydrogen) atoms. The van der Waals surface area contributed by atoms with Crippen LogP contribution in [0, 0.1) is 0 Å². The van der Waals surface area contributed by atoms with Gasteiger partial charge in [0.15, 0.2) is 0 Å². The third-order valence-electron chi connectivity index (χ3n) is 3.59. The van der Waals surface area contributed by atoms with Gasteiger partial charge in [-0.3, -0.25) is 0 Å². The van der Waals surface area contributed by atoms with Crippen LogP contribution in [0.3, 0.4) is 0 Å². The van der Waals surface area contributed by atoms with Gasteiger partial charge in [-0.2, -0.15) is 0 Å². The van der Waals surface area contributed by atoms with Gasteiger partial charge in [0.1, 0.15) is 0 Å². The van der Waals surface area contributed by atoms with Gasteiger partial charge in [0.2, 0.25) is 0 Å². The van der Waals surface area contributed by atoms with E-state index in [2.05, 4.69) is 38.1 Å². The van der Waals surface area contributed by atoms with Crippen LogP contribution in [0.25, 0.3) is 0 Å². The fraction of sp³-hybridized carbons (Fsp3) is 0.600. The van der Waals surface area contributed by atoms with E-state index in [0.29, 0.717) is 0 Å². The summed E-state index contributed by atoms with van der Waals surface area (Å²) in [6.07, 6.45) is 6.72. The van der Waals surface area contributed by atoms with Gasteiger partial charge in [0.25, 0.3) is 0 Å². The standard InChI is InChI=1S/C15H22/c1-3-5-12(4-2)13-6-8-14(9-7-13)15-10-11-15/h6-9,12,15H,3-5,10-11H2,1-2H3. The second-order valence-electron chi connectivity index (χ2n) is 4.83. The molecule has 1 aromatic rings. The predicted octanol–water partition coefficient (Wildman–Crippen LogP) is 4.86. The van der Waals surface area contributed by atoms with Crippen LogP contribution in [0.5, 0.6) is 0 Å². The molecule has 0 heterocycles. The van der Waals surface area contributed by atoms with Crippen molar-refractivity contribution in [2.75, 3.05) is 0 Å². The molecular weight excluding hydrogens is 180 g/mol. The minimum absolute atomic E-state index is 0.781. The first-order chi connectivity index (χ1) is 7.35. The Morgan fingerprint density at radius 2 is 1.80 bits per heavy atom. The van der Waals surface area contributed by atoms with Crippen LogP contribution in [-0.4, -0.2) is 0 Å². The fourth-order valence-electron chi connectivity index (χ4n) is 2.41. The van der Waals surface area contributed by atoms with Crippen LogP contribution in [-0.2, 0) is 0 Å². The monoisotopic (exact) mass is 202 g/mol. The lowest BCUT2D eigenvalue weighted by Crippen LogP contribution is -1.96. The predicted molar refractivity (Wildman–Crippen MR) is 66.4 cm³/mol. The average Bonchev–Trinajstić information content (AvgIpc) is 3.10. The van der Waals surface area contributed by atoms with E-state index in [9.17, 15) is 0 Å². The van der Waals surface area contributed by atoms with Gasteiger partial charge in [-0.25, -0.2) is 0 Å². The highest BCUT2D eigenvalue weighted by molar-refractivity contribution is 5.29. The normalized spacial score (nSPS) is 17.7. The molecule has 1 aliphatic carbocycles. The van der Waals surface area contributed by atoms with Gasteiger partial charge in [-0.1, -0.05) is 44.5 Å². The number of hydrogen-bond acceptors (Lipinski definition) is 0. The Morgan fingerprint density at radius 1 is 1.13 bits per heavy atom. The van der Waals surface area contributed by atoms with E-state index in [4.69, 9.17) is 0 Å². The SMILES string of the molecule is CCCC(CC)c1ccc(C2CC2)cc1. The van der Waals surface area contributed by atoms with Gasteiger partial charge in [-0.15, -0.1) is 0 Å². The van der Waals surface area contributed by atoms with E-state index >= 15 is 0 Å². The molecule has 1 atom stereocenters. The molecule has 1 unspecified atom stereocenters. The molecule has 0 N–H and O–H groups in total. The summed E-state index contributed by atoms with van der Waals surface area (Å²) in [5.74, 6) is 1.67. The molecule has 2 rings (SSSR count). The van der Waals surface area contributed by atoms with Crippen molar-refractivity contribution in [2.24, 2.45) is 0 Å². The molecule has 0 nitrogen and oxygen atoms in total. The molecule has 0 heteroatoms. The molecule has 0 saturated heterocycles. The average molecular weight is 202 g/mol. The third-order valence-corrected chi connectivity index (χ3v) is 3.59. The minimum Gasteiger partial charge on any atom is -0.0654 e. The molecule has 1 fully saturated rings. The van der Waals surface area contributed by atoms with Crippen LogP contribution in [0.15, 0.2) is 24.3 Å². The molecular formula is C15H22. The molecule has 1 aliphatic rings. The smallest absolute Gasteiger partial charge is 0.0162 e. The maximum Gasteiger partial charge on any atom is -0.0162 e. The second-order valence-corrected chi connectivity index (χ2v) is 4.83. The summed E-state index contributed by atoms with van der Waals surface area (Å²) in [4.78, 5) is 0. The summed E-state index contributed by atoms with van der Waals surface area (Å²) in [6.45, 7) is 4.58. The van der Waals surface area contributed by atoms with Gasteiger partial charge >= 0.3 is 0 Å². The molecule has 0 aromatic heterocycles. The maximum absolute atomic E-state index is 2.36. The van der Waals surface area contributed by atoms with Gasteiger partial charge in [0, 0.05) is 0 Å². The van der Waals surface area contributed by atoms with Crippen molar-refractivity contribution in [2.45, 2.75) is 57.8 Å². The van der Waals surface area contributed by atoms with Crippen molar-refractivity contribution >= 4 is 0 Å². The summed E-state index contributed by atoms with van der Waals surface area (Å²) in [7, 11) is 0. The zero-order valence-corrected chi connectivity index (χ0v) is 10.00. The highest BCUT2D eigenvalue weighted by Gasteiger charge is 2.23. The summed E-state index contributed by atoms with van der Waals surface area (Å²) in [5.41, 5.74) is 3.11. The summed E-state index contributed by atoms with van der Waals surface area (Å²) >= 11 is 0. The van der Waals surface area contributed by atoms with Crippen molar-refractivity contribution in [3.05, 3.63) is 35.4 Å². The fourth-order valence-corrected chi connectivity index (χ4v) is 2.41. The van der Waals surface area contributed by atoms with Gasteiger partial charge in [0.05, 0.1) is 0 Å². The van der Waals surface area contributed by atoms with Gasteiger partial charge in [-0.05, 0) is 48.6 Å². The summed E-state index contributed by atoms with van der Waals surface area (Å²) < 4.78 is 0. The Bertz CT molecular complexity index is 292. The van der Waals surface area contributed by atoms with E-state index in [1.54, 1.807) is 11.1 Å². The Hall–Kier alpha value is -0.780. The van der Waals surface area contributed by atoms with E-state index in [0.717, 1.165) is 11.8 Å². The number of rotatable bonds is 5. The van der Waals surface area contributed by atoms with Crippen molar-refractivity contribution in [3.8, 4) is 0 Å². The lowest BCUT2D eigenvalue weighted by atomic mass is 9.91. The van der Waals surface area contributed by atoms with Crippen LogP contribution in [0.4, 0.5) is 0 Å². The Balaban J connectivity index is 2.06. The molecule has 82 valence electrons. The van der Waals surface area contributed by atoms with Crippen LogP contribution < -0.4 is 0 Å². The van der Waals surface area contributed by atoms with E-state index < -0.39 is 0 Å². The topological polar surface area (TPSA) is 0 Å². The maximum atomic E-state index is 2.36. The summed E-state index contributed by atoms with van der Waals surface area (Å²) in [6, 6.07) is 9.42. The first-order valence-electron chi connectivity index (χ1n) is 6.45. The van der Waals surface area contributed by atoms with E-state index in [-0.39, 0.29) is 0 Å². The lowest BCUT2D eigenvalue weighted by molar-refractivity contribution is 0.596. The summed E-state index contributed by atoms with van der Waals surface area (Å²) in [5, 5.41) is 0. The largest absolute Gasteiger partial charge is 0.0654 e. The molecule has 0 bridgehead atoms. The highest BCUT2D eigenvalue weighted by atomic mass is 14.3. The van der Waals surface area contributed by atoms with Crippen molar-refractivity contribution in [1.29, 1.82) is 0 Å². The minimum atomic E-state index is 0.781. The number of hydrogen-bond donors (Lipinski definition) is 0.